The molecule has 2 heterocycles. The molecule has 5 nitrogen and oxygen atoms in total. The lowest BCUT2D eigenvalue weighted by molar-refractivity contribution is -0.120. The van der Waals surface area contributed by atoms with Crippen molar-refractivity contribution in [3.8, 4) is 0 Å². The van der Waals surface area contributed by atoms with E-state index < -0.39 is 0 Å². The molecule has 0 bridgehead atoms. The molecule has 7 heteroatoms. The predicted octanol–water partition coefficient (Wildman–Crippen LogP) is 3.09. The Morgan fingerprint density at radius 2 is 2.09 bits per heavy atom. The summed E-state index contributed by atoms with van der Waals surface area (Å²) in [7, 11) is 0. The van der Waals surface area contributed by atoms with E-state index in [9.17, 15) is 9.18 Å². The van der Waals surface area contributed by atoms with Crippen LogP contribution in [0.4, 0.5) is 15.2 Å². The zero-order valence-electron chi connectivity index (χ0n) is 13.0. The molecule has 1 saturated heterocycles. The van der Waals surface area contributed by atoms with E-state index >= 15 is 0 Å². The van der Waals surface area contributed by atoms with Gasteiger partial charge < -0.3 is 10.2 Å². The number of aryl methyl sites for hydroxylation is 1. The van der Waals surface area contributed by atoms with Crippen molar-refractivity contribution >= 4 is 28.1 Å². The van der Waals surface area contributed by atoms with Crippen LogP contribution in [0.1, 0.15) is 24.8 Å². The van der Waals surface area contributed by atoms with E-state index in [1.165, 1.54) is 17.4 Å². The maximum atomic E-state index is 13.8. The second-order valence-corrected chi connectivity index (χ2v) is 6.62. The molecule has 0 saturated carbocycles. The minimum Gasteiger partial charge on any atom is -0.369 e. The van der Waals surface area contributed by atoms with Gasteiger partial charge in [-0.05, 0) is 31.4 Å². The Morgan fingerprint density at radius 1 is 1.35 bits per heavy atom. The molecular formula is C16H19FN4OS. The Bertz CT molecular complexity index is 682. The number of benzene rings is 1. The molecule has 0 unspecified atom stereocenters. The van der Waals surface area contributed by atoms with Crippen LogP contribution < -0.4 is 10.2 Å². The zero-order valence-corrected chi connectivity index (χ0v) is 13.8. The second kappa shape index (κ2) is 7.04. The van der Waals surface area contributed by atoms with Gasteiger partial charge in [0, 0.05) is 19.0 Å². The molecule has 1 aromatic heterocycles. The number of hydrogen-bond acceptors (Lipinski definition) is 5. The van der Waals surface area contributed by atoms with Crippen LogP contribution in [0.2, 0.25) is 0 Å². The van der Waals surface area contributed by atoms with E-state index in [1.807, 2.05) is 17.9 Å². The molecule has 1 N–H and O–H groups in total. The molecule has 2 aromatic rings. The number of piperidine rings is 1. The lowest BCUT2D eigenvalue weighted by Crippen LogP contribution is -2.38. The van der Waals surface area contributed by atoms with Crippen LogP contribution in [-0.2, 0) is 11.2 Å². The minimum absolute atomic E-state index is 0.0167. The SMILES string of the molecule is CCc1nnc(NC(=O)C2CCN(c3ccccc3F)CC2)s1. The fourth-order valence-electron chi connectivity index (χ4n) is 2.75. The number of hydrogen-bond donors (Lipinski definition) is 1. The van der Waals surface area contributed by atoms with E-state index in [-0.39, 0.29) is 17.6 Å². The third-order valence-electron chi connectivity index (χ3n) is 4.06. The Morgan fingerprint density at radius 3 is 2.74 bits per heavy atom. The number of aromatic nitrogens is 2. The van der Waals surface area contributed by atoms with Crippen LogP contribution in [0.5, 0.6) is 0 Å². The Hall–Kier alpha value is -2.02. The van der Waals surface area contributed by atoms with Crippen molar-refractivity contribution in [2.45, 2.75) is 26.2 Å². The van der Waals surface area contributed by atoms with Gasteiger partial charge in [-0.1, -0.05) is 30.4 Å². The molecule has 0 atom stereocenters. The summed E-state index contributed by atoms with van der Waals surface area (Å²) in [5.74, 6) is -0.291. The van der Waals surface area contributed by atoms with Crippen LogP contribution in [0.25, 0.3) is 0 Å². The van der Waals surface area contributed by atoms with Crippen molar-refractivity contribution in [3.05, 3.63) is 35.1 Å². The van der Waals surface area contributed by atoms with Gasteiger partial charge in [-0.25, -0.2) is 4.39 Å². The first-order valence-electron chi connectivity index (χ1n) is 7.80. The highest BCUT2D eigenvalue weighted by Gasteiger charge is 2.26. The van der Waals surface area contributed by atoms with Crippen LogP contribution >= 0.6 is 11.3 Å². The maximum Gasteiger partial charge on any atom is 0.229 e. The molecule has 23 heavy (non-hydrogen) atoms. The third-order valence-corrected chi connectivity index (χ3v) is 5.04. The highest BCUT2D eigenvalue weighted by atomic mass is 32.1. The van der Waals surface area contributed by atoms with E-state index in [4.69, 9.17) is 0 Å². The first kappa shape index (κ1) is 15.9. The van der Waals surface area contributed by atoms with Crippen molar-refractivity contribution < 1.29 is 9.18 Å². The average Bonchev–Trinajstić information content (AvgIpc) is 3.03. The first-order valence-corrected chi connectivity index (χ1v) is 8.61. The summed E-state index contributed by atoms with van der Waals surface area (Å²) < 4.78 is 13.8. The molecule has 0 radical (unpaired) electrons. The Kier molecular flexibility index (Phi) is 4.85. The van der Waals surface area contributed by atoms with Crippen molar-refractivity contribution in [2.75, 3.05) is 23.3 Å². The molecule has 0 spiro atoms. The number of nitrogens with one attached hydrogen (secondary N) is 1. The molecule has 1 amide bonds. The molecule has 1 aliphatic rings. The number of rotatable bonds is 4. The summed E-state index contributed by atoms with van der Waals surface area (Å²) in [6, 6.07) is 6.77. The van der Waals surface area contributed by atoms with Crippen molar-refractivity contribution in [3.63, 3.8) is 0 Å². The lowest BCUT2D eigenvalue weighted by Gasteiger charge is -2.33. The van der Waals surface area contributed by atoms with Crippen LogP contribution in [0, 0.1) is 11.7 Å². The van der Waals surface area contributed by atoms with E-state index in [0.29, 0.717) is 36.8 Å². The lowest BCUT2D eigenvalue weighted by atomic mass is 9.95. The fraction of sp³-hybridized carbons (Fsp3) is 0.438. The molecule has 1 aliphatic heterocycles. The van der Waals surface area contributed by atoms with Gasteiger partial charge in [0.15, 0.2) is 0 Å². The van der Waals surface area contributed by atoms with Gasteiger partial charge in [-0.3, -0.25) is 4.79 Å². The molecule has 122 valence electrons. The first-order chi connectivity index (χ1) is 11.2. The number of amides is 1. The number of para-hydroxylation sites is 1. The van der Waals surface area contributed by atoms with Gasteiger partial charge in [0.25, 0.3) is 0 Å². The van der Waals surface area contributed by atoms with Gasteiger partial charge in [-0.2, -0.15) is 0 Å². The topological polar surface area (TPSA) is 58.1 Å². The summed E-state index contributed by atoms with van der Waals surface area (Å²) in [5.41, 5.74) is 0.614. The van der Waals surface area contributed by atoms with E-state index in [0.717, 1.165) is 11.4 Å². The van der Waals surface area contributed by atoms with Gasteiger partial charge in [0.05, 0.1) is 5.69 Å². The van der Waals surface area contributed by atoms with Crippen LogP contribution in [0.3, 0.4) is 0 Å². The number of nitrogens with zero attached hydrogens (tertiary/aromatic N) is 3. The molecule has 1 fully saturated rings. The number of carbonyl (C=O) groups excluding carboxylic acids is 1. The van der Waals surface area contributed by atoms with Crippen molar-refractivity contribution in [1.29, 1.82) is 0 Å². The fourth-order valence-corrected chi connectivity index (χ4v) is 3.43. The summed E-state index contributed by atoms with van der Waals surface area (Å²) in [6.07, 6.45) is 2.23. The Balaban J connectivity index is 1.56. The summed E-state index contributed by atoms with van der Waals surface area (Å²) in [4.78, 5) is 14.3. The predicted molar refractivity (Wildman–Crippen MR) is 89.3 cm³/mol. The third kappa shape index (κ3) is 3.67. The smallest absolute Gasteiger partial charge is 0.229 e. The second-order valence-electron chi connectivity index (χ2n) is 5.56. The van der Waals surface area contributed by atoms with Gasteiger partial charge in [-0.15, -0.1) is 10.2 Å². The number of anilines is 2. The van der Waals surface area contributed by atoms with Gasteiger partial charge >= 0.3 is 0 Å². The van der Waals surface area contributed by atoms with Crippen molar-refractivity contribution in [1.82, 2.24) is 10.2 Å². The van der Waals surface area contributed by atoms with Crippen LogP contribution in [0.15, 0.2) is 24.3 Å². The normalized spacial score (nSPS) is 15.7. The number of carbonyl (C=O) groups is 1. The van der Waals surface area contributed by atoms with E-state index in [2.05, 4.69) is 15.5 Å². The highest BCUT2D eigenvalue weighted by molar-refractivity contribution is 7.15. The van der Waals surface area contributed by atoms with Crippen molar-refractivity contribution in [2.24, 2.45) is 5.92 Å². The average molecular weight is 334 g/mol. The molecule has 3 rings (SSSR count). The molecule has 1 aromatic carbocycles. The monoisotopic (exact) mass is 334 g/mol. The highest BCUT2D eigenvalue weighted by Crippen LogP contribution is 2.26. The summed E-state index contributed by atoms with van der Waals surface area (Å²) in [5, 5.41) is 12.3. The van der Waals surface area contributed by atoms with Crippen LogP contribution in [-0.4, -0.2) is 29.2 Å². The van der Waals surface area contributed by atoms with Gasteiger partial charge in [0.1, 0.15) is 10.8 Å². The maximum absolute atomic E-state index is 13.8. The molecular weight excluding hydrogens is 315 g/mol. The van der Waals surface area contributed by atoms with Gasteiger partial charge in [0.2, 0.25) is 11.0 Å². The summed E-state index contributed by atoms with van der Waals surface area (Å²) >= 11 is 1.41. The zero-order chi connectivity index (χ0) is 16.2. The minimum atomic E-state index is -0.212. The summed E-state index contributed by atoms with van der Waals surface area (Å²) in [6.45, 7) is 3.36. The standard InChI is InChI=1S/C16H19FN4OS/c1-2-14-19-20-16(23-14)18-15(22)11-7-9-21(10-8-11)13-6-4-3-5-12(13)17/h3-6,11H,2,7-10H2,1H3,(H,18,20,22). The quantitative estimate of drug-likeness (QED) is 0.933. The Labute approximate surface area is 138 Å². The largest absolute Gasteiger partial charge is 0.369 e. The molecule has 0 aliphatic carbocycles. The van der Waals surface area contributed by atoms with E-state index in [1.54, 1.807) is 12.1 Å². The number of halogens is 1.